The molecular weight excluding hydrogens is 241 g/mol. The van der Waals surface area contributed by atoms with Crippen molar-refractivity contribution in [3.05, 3.63) is 65.5 Å². The maximum atomic E-state index is 13.0. The van der Waals surface area contributed by atoms with Gasteiger partial charge in [-0.2, -0.15) is 0 Å². The molecule has 0 bridgehead atoms. The van der Waals surface area contributed by atoms with Gasteiger partial charge in [0, 0.05) is 6.04 Å². The van der Waals surface area contributed by atoms with Crippen molar-refractivity contribution in [3.63, 3.8) is 0 Å². The van der Waals surface area contributed by atoms with E-state index in [4.69, 9.17) is 4.74 Å². The number of nitrogens with one attached hydrogen (secondary N) is 1. The first-order valence-electron chi connectivity index (χ1n) is 6.33. The summed E-state index contributed by atoms with van der Waals surface area (Å²) in [5.41, 5.74) is 2.04. The summed E-state index contributed by atoms with van der Waals surface area (Å²) in [4.78, 5) is 0. The van der Waals surface area contributed by atoms with Crippen molar-refractivity contribution in [1.29, 1.82) is 0 Å². The van der Waals surface area contributed by atoms with Gasteiger partial charge < -0.3 is 10.1 Å². The number of rotatable bonds is 5. The van der Waals surface area contributed by atoms with Crippen LogP contribution in [-0.4, -0.2) is 7.05 Å². The second-order valence-corrected chi connectivity index (χ2v) is 4.50. The molecule has 0 heterocycles. The van der Waals surface area contributed by atoms with Gasteiger partial charge in [0.05, 0.1) is 0 Å². The Morgan fingerprint density at radius 1 is 1.16 bits per heavy atom. The molecule has 0 aliphatic carbocycles. The van der Waals surface area contributed by atoms with Crippen LogP contribution in [0.4, 0.5) is 4.39 Å². The van der Waals surface area contributed by atoms with Crippen LogP contribution in [0, 0.1) is 5.82 Å². The Hall–Kier alpha value is -1.87. The largest absolute Gasteiger partial charge is 0.489 e. The van der Waals surface area contributed by atoms with Gasteiger partial charge in [-0.3, -0.25) is 0 Å². The average Bonchev–Trinajstić information content (AvgIpc) is 2.45. The molecule has 2 aromatic rings. The van der Waals surface area contributed by atoms with Crippen molar-refractivity contribution in [2.24, 2.45) is 0 Å². The molecule has 0 aliphatic heterocycles. The summed E-state index contributed by atoms with van der Waals surface area (Å²) in [6, 6.07) is 14.7. The molecule has 2 rings (SSSR count). The Labute approximate surface area is 113 Å². The van der Waals surface area contributed by atoms with Gasteiger partial charge in [-0.25, -0.2) is 4.39 Å². The quantitative estimate of drug-likeness (QED) is 0.884. The van der Waals surface area contributed by atoms with Crippen LogP contribution < -0.4 is 10.1 Å². The summed E-state index contributed by atoms with van der Waals surface area (Å²) in [7, 11) is 1.93. The van der Waals surface area contributed by atoms with Crippen LogP contribution in [-0.2, 0) is 6.61 Å². The molecule has 0 radical (unpaired) electrons. The van der Waals surface area contributed by atoms with Crippen LogP contribution in [0.25, 0.3) is 0 Å². The van der Waals surface area contributed by atoms with Gasteiger partial charge in [0.15, 0.2) is 0 Å². The third kappa shape index (κ3) is 3.80. The minimum atomic E-state index is -0.237. The average molecular weight is 259 g/mol. The third-order valence-electron chi connectivity index (χ3n) is 3.11. The van der Waals surface area contributed by atoms with E-state index in [2.05, 4.69) is 12.2 Å². The van der Waals surface area contributed by atoms with E-state index in [1.165, 1.54) is 17.7 Å². The van der Waals surface area contributed by atoms with E-state index >= 15 is 0 Å². The lowest BCUT2D eigenvalue weighted by Crippen LogP contribution is -2.11. The molecule has 0 amide bonds. The first kappa shape index (κ1) is 13.6. The number of hydrogen-bond donors (Lipinski definition) is 1. The SMILES string of the molecule is CNC(C)c1ccc(OCc2cccc(F)c2)cc1. The van der Waals surface area contributed by atoms with Gasteiger partial charge in [0.2, 0.25) is 0 Å². The first-order valence-corrected chi connectivity index (χ1v) is 6.33. The lowest BCUT2D eigenvalue weighted by molar-refractivity contribution is 0.305. The van der Waals surface area contributed by atoms with Gasteiger partial charge in [-0.05, 0) is 49.4 Å². The van der Waals surface area contributed by atoms with E-state index in [9.17, 15) is 4.39 Å². The summed E-state index contributed by atoms with van der Waals surface area (Å²) in [5, 5.41) is 3.18. The maximum Gasteiger partial charge on any atom is 0.123 e. The van der Waals surface area contributed by atoms with Crippen LogP contribution in [0.5, 0.6) is 5.75 Å². The Kier molecular flexibility index (Phi) is 4.53. The number of hydrogen-bond acceptors (Lipinski definition) is 2. The summed E-state index contributed by atoms with van der Waals surface area (Å²) in [5.74, 6) is 0.551. The van der Waals surface area contributed by atoms with E-state index in [1.807, 2.05) is 37.4 Å². The lowest BCUT2D eigenvalue weighted by atomic mass is 10.1. The van der Waals surface area contributed by atoms with Crippen molar-refractivity contribution in [2.75, 3.05) is 7.05 Å². The third-order valence-corrected chi connectivity index (χ3v) is 3.11. The van der Waals surface area contributed by atoms with E-state index in [0.717, 1.165) is 11.3 Å². The minimum Gasteiger partial charge on any atom is -0.489 e. The van der Waals surface area contributed by atoms with Crippen LogP contribution in [0.2, 0.25) is 0 Å². The zero-order valence-electron chi connectivity index (χ0n) is 11.2. The maximum absolute atomic E-state index is 13.0. The van der Waals surface area contributed by atoms with Crippen molar-refractivity contribution in [2.45, 2.75) is 19.6 Å². The Bertz CT molecular complexity index is 525. The topological polar surface area (TPSA) is 21.3 Å². The zero-order valence-corrected chi connectivity index (χ0v) is 11.2. The molecule has 0 fully saturated rings. The van der Waals surface area contributed by atoms with Gasteiger partial charge in [0.1, 0.15) is 18.2 Å². The standard InChI is InChI=1S/C16H18FNO/c1-12(18-2)14-6-8-16(9-7-14)19-11-13-4-3-5-15(17)10-13/h3-10,12,18H,11H2,1-2H3. The van der Waals surface area contributed by atoms with Crippen LogP contribution >= 0.6 is 0 Å². The molecule has 0 saturated heterocycles. The molecule has 0 saturated carbocycles. The number of ether oxygens (including phenoxy) is 1. The molecule has 0 spiro atoms. The highest BCUT2D eigenvalue weighted by Gasteiger charge is 2.02. The highest BCUT2D eigenvalue weighted by atomic mass is 19.1. The van der Waals surface area contributed by atoms with E-state index in [1.54, 1.807) is 6.07 Å². The van der Waals surface area contributed by atoms with Crippen molar-refractivity contribution >= 4 is 0 Å². The highest BCUT2D eigenvalue weighted by molar-refractivity contribution is 5.29. The van der Waals surface area contributed by atoms with Gasteiger partial charge >= 0.3 is 0 Å². The van der Waals surface area contributed by atoms with E-state index < -0.39 is 0 Å². The molecule has 1 unspecified atom stereocenters. The van der Waals surface area contributed by atoms with Crippen LogP contribution in [0.1, 0.15) is 24.1 Å². The molecule has 3 heteroatoms. The smallest absolute Gasteiger partial charge is 0.123 e. The normalized spacial score (nSPS) is 12.2. The fourth-order valence-electron chi connectivity index (χ4n) is 1.81. The Morgan fingerprint density at radius 3 is 2.53 bits per heavy atom. The second-order valence-electron chi connectivity index (χ2n) is 4.50. The predicted octanol–water partition coefficient (Wildman–Crippen LogP) is 3.69. The molecule has 0 aromatic heterocycles. The predicted molar refractivity (Wildman–Crippen MR) is 74.6 cm³/mol. The summed E-state index contributed by atoms with van der Waals surface area (Å²) in [6.45, 7) is 2.47. The number of benzene rings is 2. The van der Waals surface area contributed by atoms with Gasteiger partial charge in [-0.1, -0.05) is 24.3 Å². The molecule has 2 aromatic carbocycles. The van der Waals surface area contributed by atoms with Crippen molar-refractivity contribution < 1.29 is 9.13 Å². The van der Waals surface area contributed by atoms with Crippen molar-refractivity contribution in [3.8, 4) is 5.75 Å². The van der Waals surface area contributed by atoms with Crippen LogP contribution in [0.3, 0.4) is 0 Å². The van der Waals surface area contributed by atoms with Gasteiger partial charge in [-0.15, -0.1) is 0 Å². The minimum absolute atomic E-state index is 0.237. The molecule has 1 N–H and O–H groups in total. The second kappa shape index (κ2) is 6.34. The zero-order chi connectivity index (χ0) is 13.7. The summed E-state index contributed by atoms with van der Waals surface area (Å²) < 4.78 is 18.6. The highest BCUT2D eigenvalue weighted by Crippen LogP contribution is 2.18. The van der Waals surface area contributed by atoms with Crippen LogP contribution in [0.15, 0.2) is 48.5 Å². The Balaban J connectivity index is 1.96. The molecular formula is C16H18FNO. The fourth-order valence-corrected chi connectivity index (χ4v) is 1.81. The molecule has 0 aliphatic rings. The Morgan fingerprint density at radius 2 is 1.89 bits per heavy atom. The molecule has 100 valence electrons. The lowest BCUT2D eigenvalue weighted by Gasteiger charge is -2.11. The summed E-state index contributed by atoms with van der Waals surface area (Å²) >= 11 is 0. The molecule has 1 atom stereocenters. The fraction of sp³-hybridized carbons (Fsp3) is 0.250. The number of halogens is 1. The monoisotopic (exact) mass is 259 g/mol. The van der Waals surface area contributed by atoms with Gasteiger partial charge in [0.25, 0.3) is 0 Å². The van der Waals surface area contributed by atoms with E-state index in [0.29, 0.717) is 12.6 Å². The first-order chi connectivity index (χ1) is 9.19. The van der Waals surface area contributed by atoms with E-state index in [-0.39, 0.29) is 5.82 Å². The molecule has 19 heavy (non-hydrogen) atoms. The van der Waals surface area contributed by atoms with Crippen molar-refractivity contribution in [1.82, 2.24) is 5.32 Å². The summed E-state index contributed by atoms with van der Waals surface area (Å²) in [6.07, 6.45) is 0. The molecule has 2 nitrogen and oxygen atoms in total.